The highest BCUT2D eigenvalue weighted by atomic mass is 19.1. The van der Waals surface area contributed by atoms with Gasteiger partial charge in [-0.3, -0.25) is 14.5 Å². The first-order valence-electron chi connectivity index (χ1n) is 8.90. The fraction of sp³-hybridized carbons (Fsp3) is 0.136. The number of rotatable bonds is 4. The van der Waals surface area contributed by atoms with E-state index in [1.54, 1.807) is 60.8 Å². The molecule has 140 valence electrons. The minimum Gasteiger partial charge on any atom is -0.320 e. The van der Waals surface area contributed by atoms with Crippen LogP contribution >= 0.6 is 0 Å². The van der Waals surface area contributed by atoms with Crippen LogP contribution in [0.1, 0.15) is 22.8 Å². The number of nitrogens with one attached hydrogen (secondary N) is 1. The van der Waals surface area contributed by atoms with E-state index in [1.165, 1.54) is 11.0 Å². The highest BCUT2D eigenvalue weighted by Crippen LogP contribution is 2.30. The number of halogens is 1. The number of fused-ring (bicyclic) bond motifs is 1. The molecule has 0 aromatic heterocycles. The zero-order chi connectivity index (χ0) is 19.7. The maximum Gasteiger partial charge on any atom is 0.281 e. The number of hydrogen-bond donors (Lipinski definition) is 1. The number of benzene rings is 2. The van der Waals surface area contributed by atoms with Crippen molar-refractivity contribution in [2.75, 3.05) is 0 Å². The molecule has 2 aromatic carbocycles. The SMILES string of the molecule is CC1=CC=CN2C(=O)C(Cc3ccccc3F)(NC(=O)c3ccccc3)N=C12. The molecule has 0 saturated carbocycles. The molecule has 1 atom stereocenters. The lowest BCUT2D eigenvalue weighted by Gasteiger charge is -2.27. The molecule has 0 aliphatic carbocycles. The summed E-state index contributed by atoms with van der Waals surface area (Å²) in [5, 5.41) is 2.77. The molecule has 1 N–H and O–H groups in total. The van der Waals surface area contributed by atoms with Crippen molar-refractivity contribution in [1.82, 2.24) is 10.2 Å². The Balaban J connectivity index is 1.77. The van der Waals surface area contributed by atoms with E-state index in [1.807, 2.05) is 13.0 Å². The molecule has 5 nitrogen and oxygen atoms in total. The van der Waals surface area contributed by atoms with Crippen molar-refractivity contribution < 1.29 is 14.0 Å². The van der Waals surface area contributed by atoms with E-state index in [4.69, 9.17) is 0 Å². The number of allylic oxidation sites excluding steroid dienone is 2. The van der Waals surface area contributed by atoms with Crippen molar-refractivity contribution in [2.45, 2.75) is 19.0 Å². The molecular formula is C22H18FN3O2. The second-order valence-electron chi connectivity index (χ2n) is 6.75. The zero-order valence-corrected chi connectivity index (χ0v) is 15.2. The van der Waals surface area contributed by atoms with Crippen LogP contribution in [0, 0.1) is 5.82 Å². The summed E-state index contributed by atoms with van der Waals surface area (Å²) in [4.78, 5) is 32.1. The first kappa shape index (κ1) is 17.9. The van der Waals surface area contributed by atoms with Gasteiger partial charge in [0.15, 0.2) is 0 Å². The van der Waals surface area contributed by atoms with Gasteiger partial charge < -0.3 is 5.32 Å². The number of hydrogen-bond acceptors (Lipinski definition) is 3. The molecule has 1 unspecified atom stereocenters. The van der Waals surface area contributed by atoms with Gasteiger partial charge >= 0.3 is 0 Å². The first-order chi connectivity index (χ1) is 13.5. The van der Waals surface area contributed by atoms with Crippen molar-refractivity contribution in [1.29, 1.82) is 0 Å². The molecule has 0 radical (unpaired) electrons. The molecule has 2 heterocycles. The Morgan fingerprint density at radius 1 is 1.14 bits per heavy atom. The van der Waals surface area contributed by atoms with Crippen LogP contribution in [0.3, 0.4) is 0 Å². The molecule has 2 aliphatic rings. The number of amidine groups is 1. The molecular weight excluding hydrogens is 357 g/mol. The topological polar surface area (TPSA) is 61.8 Å². The second-order valence-corrected chi connectivity index (χ2v) is 6.75. The Bertz CT molecular complexity index is 1040. The Labute approximate surface area is 161 Å². The van der Waals surface area contributed by atoms with Crippen LogP contribution in [-0.4, -0.2) is 28.2 Å². The van der Waals surface area contributed by atoms with Crippen molar-refractivity contribution >= 4 is 17.6 Å². The zero-order valence-electron chi connectivity index (χ0n) is 15.2. The van der Waals surface area contributed by atoms with Gasteiger partial charge in [0.1, 0.15) is 11.7 Å². The van der Waals surface area contributed by atoms with Crippen LogP contribution in [0.4, 0.5) is 4.39 Å². The third-order valence-corrected chi connectivity index (χ3v) is 4.79. The summed E-state index contributed by atoms with van der Waals surface area (Å²) >= 11 is 0. The molecule has 2 amide bonds. The van der Waals surface area contributed by atoms with Crippen LogP contribution in [0.5, 0.6) is 0 Å². The Morgan fingerprint density at radius 2 is 1.86 bits per heavy atom. The Kier molecular flexibility index (Phi) is 4.39. The van der Waals surface area contributed by atoms with Gasteiger partial charge in [0, 0.05) is 18.2 Å². The largest absolute Gasteiger partial charge is 0.320 e. The van der Waals surface area contributed by atoms with Gasteiger partial charge in [-0.25, -0.2) is 9.38 Å². The fourth-order valence-electron chi connectivity index (χ4n) is 3.35. The van der Waals surface area contributed by atoms with E-state index in [0.29, 0.717) is 17.0 Å². The maximum atomic E-state index is 14.3. The molecule has 4 rings (SSSR count). The minimum atomic E-state index is -1.62. The normalized spacial score (nSPS) is 20.5. The molecule has 2 aliphatic heterocycles. The maximum absolute atomic E-state index is 14.3. The van der Waals surface area contributed by atoms with Crippen LogP contribution in [0.25, 0.3) is 0 Å². The van der Waals surface area contributed by atoms with Crippen molar-refractivity contribution in [3.8, 4) is 0 Å². The van der Waals surface area contributed by atoms with E-state index in [-0.39, 0.29) is 6.42 Å². The van der Waals surface area contributed by atoms with Crippen LogP contribution in [0.2, 0.25) is 0 Å². The van der Waals surface area contributed by atoms with E-state index in [9.17, 15) is 14.0 Å². The quantitative estimate of drug-likeness (QED) is 0.892. The minimum absolute atomic E-state index is 0.0851. The number of carbonyl (C=O) groups excluding carboxylic acids is 2. The van der Waals surface area contributed by atoms with Gasteiger partial charge in [0.25, 0.3) is 11.8 Å². The molecule has 0 bridgehead atoms. The molecule has 0 saturated heterocycles. The highest BCUT2D eigenvalue weighted by Gasteiger charge is 2.50. The number of aliphatic imine (C=N–C) groups is 1. The van der Waals surface area contributed by atoms with Crippen LogP contribution in [0.15, 0.2) is 83.5 Å². The summed E-state index contributed by atoms with van der Waals surface area (Å²) in [5.74, 6) is -0.854. The summed E-state index contributed by atoms with van der Waals surface area (Å²) in [6.07, 6.45) is 5.09. The van der Waals surface area contributed by atoms with Gasteiger partial charge in [0.05, 0.1) is 0 Å². The summed E-state index contributed by atoms with van der Waals surface area (Å²) in [6.45, 7) is 1.83. The predicted molar refractivity (Wildman–Crippen MR) is 104 cm³/mol. The van der Waals surface area contributed by atoms with Crippen molar-refractivity contribution in [3.63, 3.8) is 0 Å². The third kappa shape index (κ3) is 3.03. The van der Waals surface area contributed by atoms with E-state index >= 15 is 0 Å². The number of nitrogens with zero attached hydrogens (tertiary/aromatic N) is 2. The van der Waals surface area contributed by atoms with Crippen LogP contribution in [-0.2, 0) is 11.2 Å². The third-order valence-electron chi connectivity index (χ3n) is 4.79. The molecule has 28 heavy (non-hydrogen) atoms. The Hall–Kier alpha value is -3.54. The fourth-order valence-corrected chi connectivity index (χ4v) is 3.35. The monoisotopic (exact) mass is 375 g/mol. The Morgan fingerprint density at radius 3 is 2.57 bits per heavy atom. The summed E-state index contributed by atoms with van der Waals surface area (Å²) in [7, 11) is 0. The lowest BCUT2D eigenvalue weighted by molar-refractivity contribution is -0.130. The van der Waals surface area contributed by atoms with Crippen molar-refractivity contribution in [2.24, 2.45) is 4.99 Å². The van der Waals surface area contributed by atoms with Crippen molar-refractivity contribution in [3.05, 3.63) is 95.5 Å². The van der Waals surface area contributed by atoms with Gasteiger partial charge in [0.2, 0.25) is 5.66 Å². The van der Waals surface area contributed by atoms with Gasteiger partial charge in [-0.15, -0.1) is 0 Å². The molecule has 0 spiro atoms. The molecule has 2 aromatic rings. The average molecular weight is 375 g/mol. The van der Waals surface area contributed by atoms with E-state index < -0.39 is 23.3 Å². The molecule has 6 heteroatoms. The van der Waals surface area contributed by atoms with Gasteiger partial charge in [-0.1, -0.05) is 42.5 Å². The lowest BCUT2D eigenvalue weighted by Crippen LogP contribution is -2.55. The smallest absolute Gasteiger partial charge is 0.281 e. The van der Waals surface area contributed by atoms with Gasteiger partial charge in [-0.05, 0) is 42.3 Å². The molecule has 0 fully saturated rings. The summed E-state index contributed by atoms with van der Waals surface area (Å²) < 4.78 is 14.3. The summed E-state index contributed by atoms with van der Waals surface area (Å²) in [6, 6.07) is 14.8. The van der Waals surface area contributed by atoms with Gasteiger partial charge in [-0.2, -0.15) is 0 Å². The highest BCUT2D eigenvalue weighted by molar-refractivity contribution is 6.17. The average Bonchev–Trinajstić information content (AvgIpc) is 2.98. The first-order valence-corrected chi connectivity index (χ1v) is 8.90. The van der Waals surface area contributed by atoms with Crippen LogP contribution < -0.4 is 5.32 Å². The standard InChI is InChI=1S/C22H18FN3O2/c1-15-8-7-13-26-19(15)24-22(21(26)28,14-17-11-5-6-12-18(17)23)25-20(27)16-9-3-2-4-10-16/h2-13H,14H2,1H3,(H,25,27). The van der Waals surface area contributed by atoms with E-state index in [0.717, 1.165) is 5.57 Å². The van der Waals surface area contributed by atoms with E-state index in [2.05, 4.69) is 10.3 Å². The number of amides is 2. The number of carbonyl (C=O) groups is 2. The lowest BCUT2D eigenvalue weighted by atomic mass is 9.98. The second kappa shape index (κ2) is 6.88. The summed E-state index contributed by atoms with van der Waals surface area (Å²) in [5.41, 5.74) is -0.121. The predicted octanol–water partition coefficient (Wildman–Crippen LogP) is 3.21.